The van der Waals surface area contributed by atoms with Crippen molar-refractivity contribution in [2.45, 2.75) is 45.8 Å². The molecule has 0 heterocycles. The summed E-state index contributed by atoms with van der Waals surface area (Å²) in [5.41, 5.74) is 2.93. The predicted octanol–water partition coefficient (Wildman–Crippen LogP) is 4.68. The molecule has 5 nitrogen and oxygen atoms in total. The largest absolute Gasteiger partial charge is 0.484 e. The van der Waals surface area contributed by atoms with Crippen molar-refractivity contribution in [1.29, 1.82) is 0 Å². The van der Waals surface area contributed by atoms with Crippen molar-refractivity contribution in [2.75, 3.05) is 6.61 Å². The smallest absolute Gasteiger partial charge is 0.261 e. The third kappa shape index (κ3) is 7.17. The quantitative estimate of drug-likeness (QED) is 0.476. The van der Waals surface area contributed by atoms with Gasteiger partial charge in [0.15, 0.2) is 6.61 Å². The number of hydrogen-bond donors (Lipinski definition) is 1. The van der Waals surface area contributed by atoms with Crippen molar-refractivity contribution in [2.24, 2.45) is 0 Å². The molecule has 0 bridgehead atoms. The van der Waals surface area contributed by atoms with Crippen LogP contribution in [0.3, 0.4) is 0 Å². The van der Waals surface area contributed by atoms with E-state index < -0.39 is 6.04 Å². The van der Waals surface area contributed by atoms with Crippen LogP contribution in [0.15, 0.2) is 78.9 Å². The number of aryl methyl sites for hydroxylation is 1. The van der Waals surface area contributed by atoms with Gasteiger partial charge in [-0.15, -0.1) is 0 Å². The topological polar surface area (TPSA) is 58.6 Å². The Labute approximate surface area is 200 Å². The first-order chi connectivity index (χ1) is 16.3. The Bertz CT molecular complexity index is 1080. The standard InChI is InChI=1S/C28H31FN2O3/c1-20(2)30-28(33)26(17-22-10-5-4-6-11-22)31(18-23-12-8-7-9-21(23)3)27(32)19-34-25-15-13-24(29)14-16-25/h4-16,20,26H,17-19H2,1-3H3,(H,30,33). The van der Waals surface area contributed by atoms with Crippen LogP contribution in [0.25, 0.3) is 0 Å². The normalized spacial score (nSPS) is 11.7. The van der Waals surface area contributed by atoms with Gasteiger partial charge in [0.2, 0.25) is 5.91 Å². The van der Waals surface area contributed by atoms with E-state index >= 15 is 0 Å². The van der Waals surface area contributed by atoms with Crippen LogP contribution in [0, 0.1) is 12.7 Å². The SMILES string of the molecule is Cc1ccccc1CN(C(=O)COc1ccc(F)cc1)C(Cc1ccccc1)C(=O)NC(C)C. The van der Waals surface area contributed by atoms with Crippen LogP contribution >= 0.6 is 0 Å². The predicted molar refractivity (Wildman–Crippen MR) is 131 cm³/mol. The zero-order chi connectivity index (χ0) is 24.5. The molecular weight excluding hydrogens is 431 g/mol. The van der Waals surface area contributed by atoms with E-state index in [2.05, 4.69) is 5.32 Å². The number of nitrogens with zero attached hydrogens (tertiary/aromatic N) is 1. The van der Waals surface area contributed by atoms with Gasteiger partial charge in [0, 0.05) is 19.0 Å². The van der Waals surface area contributed by atoms with Crippen LogP contribution in [0.2, 0.25) is 0 Å². The molecular formula is C28H31FN2O3. The highest BCUT2D eigenvalue weighted by Crippen LogP contribution is 2.18. The number of amides is 2. The Balaban J connectivity index is 1.91. The van der Waals surface area contributed by atoms with Crippen molar-refractivity contribution in [1.82, 2.24) is 10.2 Å². The van der Waals surface area contributed by atoms with E-state index in [1.807, 2.05) is 75.4 Å². The van der Waals surface area contributed by atoms with E-state index in [4.69, 9.17) is 4.74 Å². The molecule has 1 unspecified atom stereocenters. The second-order valence-corrected chi connectivity index (χ2v) is 8.56. The summed E-state index contributed by atoms with van der Waals surface area (Å²) in [6.07, 6.45) is 0.369. The fraction of sp³-hybridized carbons (Fsp3) is 0.286. The molecule has 3 aromatic carbocycles. The zero-order valence-electron chi connectivity index (χ0n) is 19.8. The molecule has 0 aliphatic heterocycles. The number of carbonyl (C=O) groups is 2. The molecule has 0 aliphatic carbocycles. The lowest BCUT2D eigenvalue weighted by molar-refractivity contribution is -0.143. The van der Waals surface area contributed by atoms with Crippen LogP contribution in [-0.4, -0.2) is 35.4 Å². The summed E-state index contributed by atoms with van der Waals surface area (Å²) in [6, 6.07) is 22.1. The van der Waals surface area contributed by atoms with Crippen LogP contribution in [-0.2, 0) is 22.6 Å². The third-order valence-corrected chi connectivity index (χ3v) is 5.48. The molecule has 2 amide bonds. The van der Waals surface area contributed by atoms with Crippen molar-refractivity contribution in [3.05, 3.63) is 101 Å². The maximum absolute atomic E-state index is 13.5. The lowest BCUT2D eigenvalue weighted by Crippen LogP contribution is -2.52. The van der Waals surface area contributed by atoms with E-state index in [1.54, 1.807) is 4.90 Å². The molecule has 0 spiro atoms. The van der Waals surface area contributed by atoms with Crippen molar-refractivity contribution < 1.29 is 18.7 Å². The second-order valence-electron chi connectivity index (χ2n) is 8.56. The fourth-order valence-corrected chi connectivity index (χ4v) is 3.66. The Morgan fingerprint density at radius 2 is 1.59 bits per heavy atom. The molecule has 0 saturated carbocycles. The first-order valence-corrected chi connectivity index (χ1v) is 11.4. The van der Waals surface area contributed by atoms with E-state index in [0.717, 1.165) is 16.7 Å². The molecule has 0 aliphatic rings. The van der Waals surface area contributed by atoms with Gasteiger partial charge in [-0.1, -0.05) is 54.6 Å². The minimum absolute atomic E-state index is 0.0725. The van der Waals surface area contributed by atoms with Crippen molar-refractivity contribution in [3.8, 4) is 5.75 Å². The number of hydrogen-bond acceptors (Lipinski definition) is 3. The highest BCUT2D eigenvalue weighted by molar-refractivity contribution is 5.88. The van der Waals surface area contributed by atoms with Crippen molar-refractivity contribution >= 4 is 11.8 Å². The first-order valence-electron chi connectivity index (χ1n) is 11.4. The molecule has 178 valence electrons. The van der Waals surface area contributed by atoms with Crippen molar-refractivity contribution in [3.63, 3.8) is 0 Å². The lowest BCUT2D eigenvalue weighted by atomic mass is 10.0. The molecule has 1 N–H and O–H groups in total. The van der Waals surface area contributed by atoms with Gasteiger partial charge in [0.05, 0.1) is 0 Å². The highest BCUT2D eigenvalue weighted by atomic mass is 19.1. The minimum atomic E-state index is -0.728. The summed E-state index contributed by atoms with van der Waals surface area (Å²) < 4.78 is 18.9. The summed E-state index contributed by atoms with van der Waals surface area (Å²) in [5, 5.41) is 2.96. The van der Waals surface area contributed by atoms with Gasteiger partial charge in [-0.05, 0) is 61.7 Å². The molecule has 6 heteroatoms. The van der Waals surface area contributed by atoms with E-state index in [9.17, 15) is 14.0 Å². The fourth-order valence-electron chi connectivity index (χ4n) is 3.66. The van der Waals surface area contributed by atoms with Gasteiger partial charge in [0.1, 0.15) is 17.6 Å². The first kappa shape index (κ1) is 25.0. The van der Waals surface area contributed by atoms with Crippen LogP contribution in [0.1, 0.15) is 30.5 Å². The summed E-state index contributed by atoms with van der Waals surface area (Å²) in [7, 11) is 0. The molecule has 0 aromatic heterocycles. The van der Waals surface area contributed by atoms with E-state index in [0.29, 0.717) is 12.2 Å². The number of benzene rings is 3. The maximum atomic E-state index is 13.5. The Hall–Kier alpha value is -3.67. The lowest BCUT2D eigenvalue weighted by Gasteiger charge is -2.32. The van der Waals surface area contributed by atoms with Crippen LogP contribution in [0.5, 0.6) is 5.75 Å². The summed E-state index contributed by atoms with van der Waals surface area (Å²) >= 11 is 0. The maximum Gasteiger partial charge on any atom is 0.261 e. The number of halogens is 1. The zero-order valence-corrected chi connectivity index (χ0v) is 19.8. The number of ether oxygens (including phenoxy) is 1. The second kappa shape index (κ2) is 12.0. The van der Waals surface area contributed by atoms with Gasteiger partial charge in [0.25, 0.3) is 5.91 Å². The highest BCUT2D eigenvalue weighted by Gasteiger charge is 2.31. The average molecular weight is 463 g/mol. The Morgan fingerprint density at radius 1 is 0.941 bits per heavy atom. The van der Waals surface area contributed by atoms with E-state index in [1.165, 1.54) is 24.3 Å². The van der Waals surface area contributed by atoms with Gasteiger partial charge < -0.3 is 15.0 Å². The van der Waals surface area contributed by atoms with E-state index in [-0.39, 0.29) is 36.8 Å². The summed E-state index contributed by atoms with van der Waals surface area (Å²) in [6.45, 7) is 5.76. The molecule has 34 heavy (non-hydrogen) atoms. The average Bonchev–Trinajstić information content (AvgIpc) is 2.82. The van der Waals surface area contributed by atoms with Gasteiger partial charge in [-0.2, -0.15) is 0 Å². The molecule has 3 aromatic rings. The number of nitrogens with one attached hydrogen (secondary N) is 1. The Kier molecular flexibility index (Phi) is 8.79. The third-order valence-electron chi connectivity index (χ3n) is 5.48. The number of carbonyl (C=O) groups excluding carboxylic acids is 2. The van der Waals surface area contributed by atoms with Crippen LogP contribution < -0.4 is 10.1 Å². The molecule has 1 atom stereocenters. The Morgan fingerprint density at radius 3 is 2.24 bits per heavy atom. The summed E-state index contributed by atoms with van der Waals surface area (Å²) in [4.78, 5) is 28.4. The minimum Gasteiger partial charge on any atom is -0.484 e. The molecule has 0 fully saturated rings. The van der Waals surface area contributed by atoms with Gasteiger partial charge in [-0.25, -0.2) is 4.39 Å². The van der Waals surface area contributed by atoms with Crippen LogP contribution in [0.4, 0.5) is 4.39 Å². The van der Waals surface area contributed by atoms with Gasteiger partial charge in [-0.3, -0.25) is 9.59 Å². The monoisotopic (exact) mass is 462 g/mol. The summed E-state index contributed by atoms with van der Waals surface area (Å²) in [5.74, 6) is -0.542. The molecule has 3 rings (SSSR count). The molecule has 0 radical (unpaired) electrons. The number of rotatable bonds is 10. The molecule has 0 saturated heterocycles. The van der Waals surface area contributed by atoms with Gasteiger partial charge >= 0.3 is 0 Å².